The van der Waals surface area contributed by atoms with E-state index in [-0.39, 0.29) is 29.7 Å². The predicted molar refractivity (Wildman–Crippen MR) is 116 cm³/mol. The third-order valence-electron chi connectivity index (χ3n) is 3.97. The molecule has 2 rings (SSSR count). The summed E-state index contributed by atoms with van der Waals surface area (Å²) in [4.78, 5) is 9.22. The largest absolute Gasteiger partial charge is 0.368 e. The Bertz CT molecular complexity index is 629. The van der Waals surface area contributed by atoms with Crippen molar-refractivity contribution in [1.29, 1.82) is 0 Å². The molecule has 142 valence electrons. The van der Waals surface area contributed by atoms with E-state index in [0.29, 0.717) is 13.0 Å². The van der Waals surface area contributed by atoms with Crippen LogP contribution < -0.4 is 10.2 Å². The summed E-state index contributed by atoms with van der Waals surface area (Å²) in [6, 6.07) is 10.4. The molecule has 0 amide bonds. The summed E-state index contributed by atoms with van der Waals surface area (Å²) in [5.41, 5.74) is 1.26. The smallest absolute Gasteiger partial charge is 0.194 e. The standard InChI is InChI=1S/C17H28N4O2S.HI/c1-3-18-17(19-10-7-15-24(2,22)23)21-13-11-20(12-14-21)16-8-5-4-6-9-16;/h4-6,8-9H,3,7,10-15H2,1-2H3,(H,18,19);1H. The second kappa shape index (κ2) is 10.8. The molecule has 8 heteroatoms. The van der Waals surface area contributed by atoms with E-state index in [1.165, 1.54) is 11.9 Å². The Morgan fingerprint density at radius 2 is 1.80 bits per heavy atom. The van der Waals surface area contributed by atoms with Crippen molar-refractivity contribution in [3.8, 4) is 0 Å². The SMILES string of the molecule is CCNC(=NCCCS(C)(=O)=O)N1CCN(c2ccccc2)CC1.I. The van der Waals surface area contributed by atoms with Crippen molar-refractivity contribution in [3.63, 3.8) is 0 Å². The zero-order valence-corrected chi connectivity index (χ0v) is 18.2. The van der Waals surface area contributed by atoms with Gasteiger partial charge in [-0.15, -0.1) is 24.0 Å². The first-order chi connectivity index (χ1) is 11.5. The van der Waals surface area contributed by atoms with Crippen LogP contribution in [-0.2, 0) is 9.84 Å². The lowest BCUT2D eigenvalue weighted by Crippen LogP contribution is -2.52. The number of halogens is 1. The van der Waals surface area contributed by atoms with Crippen molar-refractivity contribution in [3.05, 3.63) is 30.3 Å². The minimum absolute atomic E-state index is 0. The number of piperazine rings is 1. The van der Waals surface area contributed by atoms with Crippen molar-refractivity contribution < 1.29 is 8.42 Å². The van der Waals surface area contributed by atoms with Gasteiger partial charge in [-0.25, -0.2) is 8.42 Å². The predicted octanol–water partition coefficient (Wildman–Crippen LogP) is 1.83. The highest BCUT2D eigenvalue weighted by Crippen LogP contribution is 2.15. The van der Waals surface area contributed by atoms with Crippen LogP contribution in [0.15, 0.2) is 35.3 Å². The number of hydrogen-bond donors (Lipinski definition) is 1. The topological polar surface area (TPSA) is 65.0 Å². The minimum atomic E-state index is -2.91. The molecule has 0 unspecified atom stereocenters. The van der Waals surface area contributed by atoms with Gasteiger partial charge in [0.25, 0.3) is 0 Å². The maximum absolute atomic E-state index is 11.2. The van der Waals surface area contributed by atoms with Crippen LogP contribution in [0.1, 0.15) is 13.3 Å². The summed E-state index contributed by atoms with van der Waals surface area (Å²) in [5.74, 6) is 1.08. The fraction of sp³-hybridized carbons (Fsp3) is 0.588. The molecule has 1 aromatic carbocycles. The van der Waals surface area contributed by atoms with Crippen molar-refractivity contribution in [1.82, 2.24) is 10.2 Å². The van der Waals surface area contributed by atoms with E-state index >= 15 is 0 Å². The van der Waals surface area contributed by atoms with Gasteiger partial charge in [-0.1, -0.05) is 18.2 Å². The molecule has 1 aromatic rings. The Kier molecular flexibility index (Phi) is 9.55. The maximum atomic E-state index is 11.2. The third-order valence-corrected chi connectivity index (χ3v) is 5.00. The zero-order chi connectivity index (χ0) is 17.4. The summed E-state index contributed by atoms with van der Waals surface area (Å²) >= 11 is 0. The second-order valence-electron chi connectivity index (χ2n) is 6.03. The molecule has 1 heterocycles. The van der Waals surface area contributed by atoms with E-state index in [2.05, 4.69) is 44.4 Å². The summed E-state index contributed by atoms with van der Waals surface area (Å²) in [6.45, 7) is 7.12. The van der Waals surface area contributed by atoms with Crippen molar-refractivity contribution >= 4 is 45.5 Å². The van der Waals surface area contributed by atoms with Gasteiger partial charge < -0.3 is 15.1 Å². The number of para-hydroxylation sites is 1. The maximum Gasteiger partial charge on any atom is 0.194 e. The average molecular weight is 480 g/mol. The van der Waals surface area contributed by atoms with E-state index in [1.807, 2.05) is 13.0 Å². The van der Waals surface area contributed by atoms with Crippen molar-refractivity contribution in [2.24, 2.45) is 4.99 Å². The fourth-order valence-electron chi connectivity index (χ4n) is 2.75. The van der Waals surface area contributed by atoms with Crippen LogP contribution in [0.4, 0.5) is 5.69 Å². The number of sulfone groups is 1. The Balaban J connectivity index is 0.00000312. The second-order valence-corrected chi connectivity index (χ2v) is 8.29. The van der Waals surface area contributed by atoms with Crippen LogP contribution in [0.5, 0.6) is 0 Å². The fourth-order valence-corrected chi connectivity index (χ4v) is 3.41. The quantitative estimate of drug-likeness (QED) is 0.291. The molecule has 1 N–H and O–H groups in total. The highest BCUT2D eigenvalue weighted by molar-refractivity contribution is 14.0. The Labute approximate surface area is 168 Å². The molecule has 1 fully saturated rings. The number of nitrogens with zero attached hydrogens (tertiary/aromatic N) is 3. The molecule has 1 aliphatic rings. The summed E-state index contributed by atoms with van der Waals surface area (Å²) in [6.07, 6.45) is 1.84. The molecule has 6 nitrogen and oxygen atoms in total. The van der Waals surface area contributed by atoms with Gasteiger partial charge >= 0.3 is 0 Å². The van der Waals surface area contributed by atoms with E-state index < -0.39 is 9.84 Å². The first-order valence-corrected chi connectivity index (χ1v) is 10.6. The normalized spacial score (nSPS) is 15.7. The highest BCUT2D eigenvalue weighted by Gasteiger charge is 2.19. The number of nitrogens with one attached hydrogen (secondary N) is 1. The summed E-state index contributed by atoms with van der Waals surface area (Å²) in [7, 11) is -2.91. The van der Waals surface area contributed by atoms with Gasteiger partial charge in [0.15, 0.2) is 5.96 Å². The number of aliphatic imine (C=N–C) groups is 1. The van der Waals surface area contributed by atoms with Crippen LogP contribution >= 0.6 is 24.0 Å². The molecular weight excluding hydrogens is 451 g/mol. The molecule has 0 atom stereocenters. The van der Waals surface area contributed by atoms with Crippen LogP contribution in [0.2, 0.25) is 0 Å². The minimum Gasteiger partial charge on any atom is -0.368 e. The highest BCUT2D eigenvalue weighted by atomic mass is 127. The van der Waals surface area contributed by atoms with Gasteiger partial charge in [-0.3, -0.25) is 4.99 Å². The Morgan fingerprint density at radius 3 is 2.36 bits per heavy atom. The number of benzene rings is 1. The Hall–Kier alpha value is -1.03. The van der Waals surface area contributed by atoms with Crippen LogP contribution in [0.3, 0.4) is 0 Å². The lowest BCUT2D eigenvalue weighted by molar-refractivity contribution is 0.372. The Morgan fingerprint density at radius 1 is 1.16 bits per heavy atom. The summed E-state index contributed by atoms with van der Waals surface area (Å²) in [5, 5.41) is 3.31. The molecule has 1 saturated heterocycles. The van der Waals surface area contributed by atoms with E-state index in [4.69, 9.17) is 0 Å². The van der Waals surface area contributed by atoms with E-state index in [0.717, 1.165) is 38.7 Å². The van der Waals surface area contributed by atoms with Crippen LogP contribution in [-0.4, -0.2) is 70.6 Å². The molecule has 0 aromatic heterocycles. The molecule has 0 aliphatic carbocycles. The molecule has 0 saturated carbocycles. The zero-order valence-electron chi connectivity index (χ0n) is 15.0. The van der Waals surface area contributed by atoms with Gasteiger partial charge in [0, 0.05) is 51.2 Å². The van der Waals surface area contributed by atoms with Crippen molar-refractivity contribution in [2.75, 3.05) is 56.2 Å². The number of guanidine groups is 1. The number of rotatable bonds is 6. The van der Waals surface area contributed by atoms with Gasteiger partial charge in [-0.2, -0.15) is 0 Å². The molecule has 1 aliphatic heterocycles. The third kappa shape index (κ3) is 7.81. The molecule has 0 spiro atoms. The molecule has 25 heavy (non-hydrogen) atoms. The van der Waals surface area contributed by atoms with Crippen molar-refractivity contribution in [2.45, 2.75) is 13.3 Å². The molecular formula is C17H29IN4O2S. The summed E-state index contributed by atoms with van der Waals surface area (Å²) < 4.78 is 22.4. The van der Waals surface area contributed by atoms with E-state index in [9.17, 15) is 8.42 Å². The first-order valence-electron chi connectivity index (χ1n) is 8.50. The lowest BCUT2D eigenvalue weighted by atomic mass is 10.2. The first kappa shape index (κ1) is 22.0. The average Bonchev–Trinajstić information content (AvgIpc) is 2.58. The molecule has 0 bridgehead atoms. The number of anilines is 1. The van der Waals surface area contributed by atoms with Gasteiger partial charge in [0.05, 0.1) is 5.75 Å². The van der Waals surface area contributed by atoms with Gasteiger partial charge in [-0.05, 0) is 25.5 Å². The number of hydrogen-bond acceptors (Lipinski definition) is 4. The van der Waals surface area contributed by atoms with E-state index in [1.54, 1.807) is 0 Å². The van der Waals surface area contributed by atoms with Crippen LogP contribution in [0, 0.1) is 0 Å². The van der Waals surface area contributed by atoms with Gasteiger partial charge in [0.1, 0.15) is 9.84 Å². The van der Waals surface area contributed by atoms with Gasteiger partial charge in [0.2, 0.25) is 0 Å². The molecule has 0 radical (unpaired) electrons. The van der Waals surface area contributed by atoms with Crippen LogP contribution in [0.25, 0.3) is 0 Å². The monoisotopic (exact) mass is 480 g/mol. The lowest BCUT2D eigenvalue weighted by Gasteiger charge is -2.37.